The Kier molecular flexibility index (Phi) is 4.20. The largest absolute Gasteiger partial charge is 0.349 e. The van der Waals surface area contributed by atoms with Crippen molar-refractivity contribution in [3.63, 3.8) is 0 Å². The molecule has 0 aliphatic heterocycles. The van der Waals surface area contributed by atoms with E-state index in [9.17, 15) is 9.59 Å². The van der Waals surface area contributed by atoms with E-state index in [1.165, 1.54) is 0 Å². The maximum absolute atomic E-state index is 12.0. The minimum Gasteiger partial charge on any atom is -0.349 e. The molecule has 0 aromatic heterocycles. The van der Waals surface area contributed by atoms with E-state index >= 15 is 0 Å². The molecule has 0 spiro atoms. The van der Waals surface area contributed by atoms with Gasteiger partial charge in [-0.2, -0.15) is 0 Å². The Balaban J connectivity index is 1.96. The van der Waals surface area contributed by atoms with Crippen LogP contribution in [0.5, 0.6) is 0 Å². The molecule has 0 heterocycles. The van der Waals surface area contributed by atoms with Crippen LogP contribution < -0.4 is 16.4 Å². The van der Waals surface area contributed by atoms with Crippen molar-refractivity contribution >= 4 is 17.5 Å². The molecule has 5 nitrogen and oxygen atoms in total. The summed E-state index contributed by atoms with van der Waals surface area (Å²) in [6, 6.07) is 6.78. The lowest BCUT2D eigenvalue weighted by Gasteiger charge is -2.13. The molecule has 1 fully saturated rings. The fourth-order valence-corrected chi connectivity index (χ4v) is 1.91. The molecule has 0 unspecified atom stereocenters. The molecule has 0 bridgehead atoms. The molecule has 0 saturated heterocycles. The first kappa shape index (κ1) is 14.3. The summed E-state index contributed by atoms with van der Waals surface area (Å²) in [7, 11) is 0. The van der Waals surface area contributed by atoms with Crippen molar-refractivity contribution < 1.29 is 9.59 Å². The van der Waals surface area contributed by atoms with Crippen molar-refractivity contribution in [1.29, 1.82) is 0 Å². The van der Waals surface area contributed by atoms with Gasteiger partial charge in [-0.15, -0.1) is 6.58 Å². The van der Waals surface area contributed by atoms with Gasteiger partial charge in [0.2, 0.25) is 5.91 Å². The normalized spacial score (nSPS) is 15.2. The molecule has 2 rings (SSSR count). The Morgan fingerprint density at radius 2 is 1.95 bits per heavy atom. The van der Waals surface area contributed by atoms with Gasteiger partial charge in [0.05, 0.1) is 5.41 Å². The molecule has 1 aliphatic rings. The van der Waals surface area contributed by atoms with E-state index in [1.807, 2.05) is 0 Å². The summed E-state index contributed by atoms with van der Waals surface area (Å²) >= 11 is 0. The van der Waals surface area contributed by atoms with Gasteiger partial charge < -0.3 is 16.4 Å². The van der Waals surface area contributed by atoms with Crippen LogP contribution in [0, 0.1) is 5.41 Å². The molecule has 20 heavy (non-hydrogen) atoms. The van der Waals surface area contributed by atoms with E-state index in [4.69, 9.17) is 5.73 Å². The zero-order valence-electron chi connectivity index (χ0n) is 11.3. The van der Waals surface area contributed by atoms with Gasteiger partial charge in [0, 0.05) is 24.3 Å². The predicted molar refractivity (Wildman–Crippen MR) is 78.3 cm³/mol. The molecule has 5 heteroatoms. The molecule has 0 radical (unpaired) electrons. The van der Waals surface area contributed by atoms with Crippen LogP contribution >= 0.6 is 0 Å². The third kappa shape index (κ3) is 3.05. The van der Waals surface area contributed by atoms with Crippen LogP contribution in [0.25, 0.3) is 0 Å². The highest BCUT2D eigenvalue weighted by Gasteiger charge is 2.48. The summed E-state index contributed by atoms with van der Waals surface area (Å²) in [6.07, 6.45) is 3.31. The zero-order valence-corrected chi connectivity index (χ0v) is 11.3. The maximum Gasteiger partial charge on any atom is 0.251 e. The number of carbonyl (C=O) groups is 2. The quantitative estimate of drug-likeness (QED) is 0.683. The summed E-state index contributed by atoms with van der Waals surface area (Å²) in [5.41, 5.74) is 6.46. The number of nitrogens with two attached hydrogens (primary N) is 1. The van der Waals surface area contributed by atoms with Gasteiger partial charge >= 0.3 is 0 Å². The van der Waals surface area contributed by atoms with Crippen LogP contribution in [0.4, 0.5) is 5.69 Å². The third-order valence-electron chi connectivity index (χ3n) is 3.54. The highest BCUT2D eigenvalue weighted by molar-refractivity contribution is 5.98. The molecule has 1 aromatic rings. The monoisotopic (exact) mass is 273 g/mol. The molecule has 1 aliphatic carbocycles. The van der Waals surface area contributed by atoms with E-state index in [1.54, 1.807) is 30.3 Å². The van der Waals surface area contributed by atoms with E-state index in [0.29, 0.717) is 24.3 Å². The number of hydrogen-bond donors (Lipinski definition) is 3. The first-order valence-electron chi connectivity index (χ1n) is 6.62. The van der Waals surface area contributed by atoms with Crippen LogP contribution in [0.1, 0.15) is 23.2 Å². The van der Waals surface area contributed by atoms with Crippen molar-refractivity contribution in [2.24, 2.45) is 11.1 Å². The summed E-state index contributed by atoms with van der Waals surface area (Å²) in [5, 5.41) is 5.53. The van der Waals surface area contributed by atoms with Gasteiger partial charge in [-0.25, -0.2) is 0 Å². The Bertz CT molecular complexity index is 518. The lowest BCUT2D eigenvalue weighted by atomic mass is 10.1. The van der Waals surface area contributed by atoms with Crippen LogP contribution in [0.15, 0.2) is 36.9 Å². The summed E-state index contributed by atoms with van der Waals surface area (Å²) in [6.45, 7) is 4.34. The molecule has 2 amide bonds. The number of amides is 2. The fraction of sp³-hybridized carbons (Fsp3) is 0.333. The smallest absolute Gasteiger partial charge is 0.251 e. The SMILES string of the molecule is C=CCNC(=O)c1ccc(NC(=O)C2(CN)CC2)cc1. The lowest BCUT2D eigenvalue weighted by molar-refractivity contribution is -0.120. The van der Waals surface area contributed by atoms with E-state index in [-0.39, 0.29) is 17.2 Å². The van der Waals surface area contributed by atoms with Crippen molar-refractivity contribution in [3.8, 4) is 0 Å². The first-order chi connectivity index (χ1) is 9.61. The van der Waals surface area contributed by atoms with Crippen LogP contribution in [-0.2, 0) is 4.79 Å². The Morgan fingerprint density at radius 1 is 1.30 bits per heavy atom. The van der Waals surface area contributed by atoms with Crippen molar-refractivity contribution in [2.45, 2.75) is 12.8 Å². The van der Waals surface area contributed by atoms with Gasteiger partial charge in [0.1, 0.15) is 0 Å². The van der Waals surface area contributed by atoms with E-state index in [0.717, 1.165) is 12.8 Å². The number of anilines is 1. The first-order valence-corrected chi connectivity index (χ1v) is 6.62. The number of benzene rings is 1. The van der Waals surface area contributed by atoms with Crippen molar-refractivity contribution in [3.05, 3.63) is 42.5 Å². The van der Waals surface area contributed by atoms with Crippen molar-refractivity contribution in [1.82, 2.24) is 5.32 Å². The number of hydrogen-bond acceptors (Lipinski definition) is 3. The van der Waals surface area contributed by atoms with Gasteiger partial charge in [-0.3, -0.25) is 9.59 Å². The minimum atomic E-state index is -0.375. The Labute approximate surface area is 118 Å². The van der Waals surface area contributed by atoms with Gasteiger partial charge in [-0.05, 0) is 37.1 Å². The zero-order chi connectivity index (χ0) is 14.6. The molecule has 1 aromatic carbocycles. The molecule has 1 saturated carbocycles. The Morgan fingerprint density at radius 3 is 2.45 bits per heavy atom. The van der Waals surface area contributed by atoms with E-state index in [2.05, 4.69) is 17.2 Å². The van der Waals surface area contributed by atoms with Crippen molar-refractivity contribution in [2.75, 3.05) is 18.4 Å². The standard InChI is InChI=1S/C15H19N3O2/c1-2-9-17-13(19)11-3-5-12(6-4-11)18-14(20)15(10-16)7-8-15/h2-6H,1,7-10,16H2,(H,17,19)(H,18,20). The lowest BCUT2D eigenvalue weighted by Crippen LogP contribution is -2.30. The molecular formula is C15H19N3O2. The average Bonchev–Trinajstić information content (AvgIpc) is 3.26. The van der Waals surface area contributed by atoms with E-state index < -0.39 is 0 Å². The second kappa shape index (κ2) is 5.88. The number of carbonyl (C=O) groups excluding carboxylic acids is 2. The van der Waals surface area contributed by atoms with Crippen LogP contribution in [0.3, 0.4) is 0 Å². The topological polar surface area (TPSA) is 84.2 Å². The molecule has 106 valence electrons. The second-order valence-corrected chi connectivity index (χ2v) is 5.01. The summed E-state index contributed by atoms with van der Waals surface area (Å²) in [4.78, 5) is 23.7. The highest BCUT2D eigenvalue weighted by Crippen LogP contribution is 2.45. The predicted octanol–water partition coefficient (Wildman–Crippen LogP) is 1.28. The number of nitrogens with one attached hydrogen (secondary N) is 2. The molecule has 4 N–H and O–H groups in total. The maximum atomic E-state index is 12.0. The van der Waals surface area contributed by atoms with Crippen LogP contribution in [0.2, 0.25) is 0 Å². The van der Waals surface area contributed by atoms with Gasteiger partial charge in [0.15, 0.2) is 0 Å². The van der Waals surface area contributed by atoms with Gasteiger partial charge in [-0.1, -0.05) is 6.08 Å². The third-order valence-corrected chi connectivity index (χ3v) is 3.54. The fourth-order valence-electron chi connectivity index (χ4n) is 1.91. The highest BCUT2D eigenvalue weighted by atomic mass is 16.2. The van der Waals surface area contributed by atoms with Crippen LogP contribution in [-0.4, -0.2) is 24.9 Å². The molecular weight excluding hydrogens is 254 g/mol. The second-order valence-electron chi connectivity index (χ2n) is 5.01. The molecule has 0 atom stereocenters. The summed E-state index contributed by atoms with van der Waals surface area (Å²) in [5.74, 6) is -0.202. The Hall–Kier alpha value is -2.14. The minimum absolute atomic E-state index is 0.0381. The average molecular weight is 273 g/mol. The summed E-state index contributed by atoms with van der Waals surface area (Å²) < 4.78 is 0. The van der Waals surface area contributed by atoms with Gasteiger partial charge in [0.25, 0.3) is 5.91 Å². The number of rotatable bonds is 6.